The van der Waals surface area contributed by atoms with Crippen molar-refractivity contribution in [1.82, 2.24) is 5.01 Å². The van der Waals surface area contributed by atoms with Gasteiger partial charge < -0.3 is 9.15 Å². The van der Waals surface area contributed by atoms with Gasteiger partial charge in [-0.15, -0.1) is 0 Å². The van der Waals surface area contributed by atoms with Gasteiger partial charge in [0, 0.05) is 17.0 Å². The Kier molecular flexibility index (Phi) is 6.31. The molecular formula is C21H21ClN2O4. The first kappa shape index (κ1) is 19.9. The number of carbonyl (C=O) groups excluding carboxylic acids is 2. The number of carbonyl (C=O) groups is 2. The Bertz CT molecular complexity index is 901. The molecule has 0 fully saturated rings. The highest BCUT2D eigenvalue weighted by molar-refractivity contribution is 6.30. The minimum atomic E-state index is -0.508. The summed E-state index contributed by atoms with van der Waals surface area (Å²) in [6.45, 7) is 3.20. The molecule has 6 nitrogen and oxygen atoms in total. The van der Waals surface area contributed by atoms with Gasteiger partial charge in [0.25, 0.3) is 5.91 Å². The molecule has 1 aromatic carbocycles. The van der Waals surface area contributed by atoms with E-state index in [1.54, 1.807) is 43.5 Å². The van der Waals surface area contributed by atoms with Crippen molar-refractivity contribution in [3.63, 3.8) is 0 Å². The van der Waals surface area contributed by atoms with Crippen LogP contribution in [0.1, 0.15) is 44.1 Å². The van der Waals surface area contributed by atoms with E-state index < -0.39 is 11.9 Å². The summed E-state index contributed by atoms with van der Waals surface area (Å²) in [7, 11) is 0. The first-order valence-corrected chi connectivity index (χ1v) is 9.40. The number of allylic oxidation sites excluding steroid dienone is 1. The van der Waals surface area contributed by atoms with Crippen molar-refractivity contribution in [1.29, 1.82) is 0 Å². The molecule has 2 heterocycles. The summed E-state index contributed by atoms with van der Waals surface area (Å²) < 4.78 is 10.6. The van der Waals surface area contributed by atoms with Crippen LogP contribution in [0.25, 0.3) is 0 Å². The van der Waals surface area contributed by atoms with Crippen LogP contribution < -0.4 is 0 Å². The Morgan fingerprint density at radius 3 is 2.71 bits per heavy atom. The lowest BCUT2D eigenvalue weighted by atomic mass is 10.0. The van der Waals surface area contributed by atoms with Crippen LogP contribution in [-0.2, 0) is 14.3 Å². The van der Waals surface area contributed by atoms with Crippen LogP contribution >= 0.6 is 11.6 Å². The van der Waals surface area contributed by atoms with E-state index >= 15 is 0 Å². The second-order valence-electron chi connectivity index (χ2n) is 6.40. The molecule has 0 saturated carbocycles. The molecule has 28 heavy (non-hydrogen) atoms. The molecule has 3 rings (SSSR count). The maximum Gasteiger partial charge on any atom is 0.333 e. The number of hydrogen-bond donors (Lipinski definition) is 0. The van der Waals surface area contributed by atoms with E-state index in [9.17, 15) is 9.59 Å². The highest BCUT2D eigenvalue weighted by atomic mass is 35.5. The van der Waals surface area contributed by atoms with Gasteiger partial charge in [0.05, 0.1) is 12.0 Å². The van der Waals surface area contributed by atoms with Gasteiger partial charge in [0.1, 0.15) is 11.8 Å². The zero-order valence-electron chi connectivity index (χ0n) is 15.7. The minimum absolute atomic E-state index is 0.387. The Morgan fingerprint density at radius 2 is 2.07 bits per heavy atom. The van der Waals surface area contributed by atoms with Gasteiger partial charge in [-0.05, 0) is 43.2 Å². The molecule has 146 valence electrons. The normalized spacial score (nSPS) is 16.8. The fourth-order valence-corrected chi connectivity index (χ4v) is 3.08. The summed E-state index contributed by atoms with van der Waals surface area (Å²) in [6, 6.07) is 10.4. The molecule has 1 amide bonds. The fourth-order valence-electron chi connectivity index (χ4n) is 2.96. The van der Waals surface area contributed by atoms with Crippen LogP contribution in [0.4, 0.5) is 0 Å². The Labute approximate surface area is 168 Å². The summed E-state index contributed by atoms with van der Waals surface area (Å²) in [5.41, 5.74) is 2.08. The van der Waals surface area contributed by atoms with Crippen molar-refractivity contribution in [3.8, 4) is 0 Å². The number of furan rings is 1. The average Bonchev–Trinajstić information content (AvgIpc) is 3.36. The zero-order chi connectivity index (χ0) is 20.1. The SMILES string of the molecule is CC/C=C(/C)C(=O)OCC(=O)N1N=C(c2ccc(Cl)cc2)CC1c1ccco1. The Balaban J connectivity index is 1.78. The van der Waals surface area contributed by atoms with E-state index in [0.29, 0.717) is 22.8 Å². The van der Waals surface area contributed by atoms with Crippen molar-refractivity contribution in [2.24, 2.45) is 5.10 Å². The first-order chi connectivity index (χ1) is 13.5. The summed E-state index contributed by atoms with van der Waals surface area (Å²) in [5.74, 6) is -0.302. The number of amides is 1. The lowest BCUT2D eigenvalue weighted by Crippen LogP contribution is -2.31. The van der Waals surface area contributed by atoms with Crippen molar-refractivity contribution in [2.45, 2.75) is 32.7 Å². The standard InChI is InChI=1S/C21H21ClN2O4/c1-3-5-14(2)21(26)28-13-20(25)24-18(19-6-4-11-27-19)12-17(23-24)15-7-9-16(22)10-8-15/h4-11,18H,3,12-13H2,1-2H3/b14-5-. The van der Waals surface area contributed by atoms with Gasteiger partial charge in [-0.25, -0.2) is 9.80 Å². The highest BCUT2D eigenvalue weighted by Crippen LogP contribution is 2.33. The number of nitrogens with zero attached hydrogens (tertiary/aromatic N) is 2. The number of hydrogen-bond acceptors (Lipinski definition) is 5. The molecule has 0 saturated heterocycles. The van der Waals surface area contributed by atoms with Crippen molar-refractivity contribution in [3.05, 3.63) is 70.7 Å². The smallest absolute Gasteiger partial charge is 0.333 e. The molecule has 2 aromatic rings. The van der Waals surface area contributed by atoms with Crippen LogP contribution in [-0.4, -0.2) is 29.2 Å². The van der Waals surface area contributed by atoms with Crippen molar-refractivity contribution in [2.75, 3.05) is 6.61 Å². The Morgan fingerprint density at radius 1 is 1.32 bits per heavy atom. The van der Waals surface area contributed by atoms with Gasteiger partial charge in [0.15, 0.2) is 6.61 Å². The van der Waals surface area contributed by atoms with Gasteiger partial charge in [0.2, 0.25) is 0 Å². The van der Waals surface area contributed by atoms with E-state index in [1.807, 2.05) is 19.1 Å². The quantitative estimate of drug-likeness (QED) is 0.528. The third-order valence-corrected chi connectivity index (χ3v) is 4.63. The molecule has 0 spiro atoms. The second-order valence-corrected chi connectivity index (χ2v) is 6.84. The lowest BCUT2D eigenvalue weighted by Gasteiger charge is -2.19. The van der Waals surface area contributed by atoms with Crippen molar-refractivity contribution < 1.29 is 18.7 Å². The molecule has 1 aliphatic rings. The van der Waals surface area contributed by atoms with Gasteiger partial charge >= 0.3 is 5.97 Å². The predicted octanol–water partition coefficient (Wildman–Crippen LogP) is 4.51. The number of rotatable bonds is 6. The predicted molar refractivity (Wildman–Crippen MR) is 106 cm³/mol. The summed E-state index contributed by atoms with van der Waals surface area (Å²) in [5, 5.41) is 6.43. The maximum absolute atomic E-state index is 12.7. The second kappa shape index (κ2) is 8.89. The molecule has 7 heteroatoms. The van der Waals surface area contributed by atoms with E-state index in [2.05, 4.69) is 5.10 Å². The molecule has 0 bridgehead atoms. The van der Waals surface area contributed by atoms with Gasteiger partial charge in [-0.1, -0.05) is 36.7 Å². The first-order valence-electron chi connectivity index (χ1n) is 9.02. The van der Waals surface area contributed by atoms with Gasteiger partial charge in [-0.2, -0.15) is 5.10 Å². The van der Waals surface area contributed by atoms with Crippen LogP contribution in [0.2, 0.25) is 5.02 Å². The van der Waals surface area contributed by atoms with Crippen LogP contribution in [0.5, 0.6) is 0 Å². The molecular weight excluding hydrogens is 380 g/mol. The third kappa shape index (κ3) is 4.51. The Hall–Kier alpha value is -2.86. The third-order valence-electron chi connectivity index (χ3n) is 4.37. The van der Waals surface area contributed by atoms with Crippen LogP contribution in [0.15, 0.2) is 63.8 Å². The molecule has 0 aliphatic carbocycles. The molecule has 0 N–H and O–H groups in total. The summed E-state index contributed by atoms with van der Waals surface area (Å²) >= 11 is 5.95. The number of esters is 1. The molecule has 1 aliphatic heterocycles. The zero-order valence-corrected chi connectivity index (χ0v) is 16.5. The van der Waals surface area contributed by atoms with Crippen LogP contribution in [0, 0.1) is 0 Å². The van der Waals surface area contributed by atoms with E-state index in [4.69, 9.17) is 20.8 Å². The molecule has 1 atom stereocenters. The number of ether oxygens (including phenoxy) is 1. The van der Waals surface area contributed by atoms with Crippen molar-refractivity contribution >= 4 is 29.2 Å². The lowest BCUT2D eigenvalue weighted by molar-refractivity contribution is -0.150. The highest BCUT2D eigenvalue weighted by Gasteiger charge is 2.35. The average molecular weight is 401 g/mol. The number of halogens is 1. The van der Waals surface area contributed by atoms with Crippen LogP contribution in [0.3, 0.4) is 0 Å². The topological polar surface area (TPSA) is 72.1 Å². The van der Waals surface area contributed by atoms with Gasteiger partial charge in [-0.3, -0.25) is 4.79 Å². The fraction of sp³-hybridized carbons (Fsp3) is 0.286. The number of benzene rings is 1. The minimum Gasteiger partial charge on any atom is -0.467 e. The summed E-state index contributed by atoms with van der Waals surface area (Å²) in [4.78, 5) is 24.7. The summed E-state index contributed by atoms with van der Waals surface area (Å²) in [6.07, 6.45) is 4.52. The molecule has 1 unspecified atom stereocenters. The van der Waals surface area contributed by atoms with E-state index in [0.717, 1.165) is 17.7 Å². The molecule has 0 radical (unpaired) electrons. The number of hydrazone groups is 1. The maximum atomic E-state index is 12.7. The van der Waals surface area contributed by atoms with E-state index in [1.165, 1.54) is 5.01 Å². The monoisotopic (exact) mass is 400 g/mol. The van der Waals surface area contributed by atoms with E-state index in [-0.39, 0.29) is 12.6 Å². The largest absolute Gasteiger partial charge is 0.467 e. The molecule has 1 aromatic heterocycles.